The molecule has 0 bridgehead atoms. The fourth-order valence-corrected chi connectivity index (χ4v) is 2.84. The lowest BCUT2D eigenvalue weighted by molar-refractivity contribution is -0.116. The van der Waals surface area contributed by atoms with Crippen molar-refractivity contribution < 1.29 is 9.53 Å². The second-order valence-corrected chi connectivity index (χ2v) is 6.44. The van der Waals surface area contributed by atoms with Gasteiger partial charge in [0.05, 0.1) is 7.11 Å². The number of hydrogen-bond acceptors (Lipinski definition) is 2. The summed E-state index contributed by atoms with van der Waals surface area (Å²) in [5.41, 5.74) is 4.58. The van der Waals surface area contributed by atoms with Crippen molar-refractivity contribution in [2.24, 2.45) is 0 Å². The molecule has 0 saturated heterocycles. The largest absolute Gasteiger partial charge is 0.497 e. The van der Waals surface area contributed by atoms with Gasteiger partial charge in [-0.15, -0.1) is 0 Å². The molecule has 1 N–H and O–H groups in total. The Morgan fingerprint density at radius 1 is 1.17 bits per heavy atom. The van der Waals surface area contributed by atoms with Crippen LogP contribution in [-0.2, 0) is 11.2 Å². The molecule has 0 fully saturated rings. The van der Waals surface area contributed by atoms with Crippen molar-refractivity contribution in [2.75, 3.05) is 12.4 Å². The Morgan fingerprint density at radius 3 is 2.58 bits per heavy atom. The van der Waals surface area contributed by atoms with E-state index in [2.05, 4.69) is 38.2 Å². The summed E-state index contributed by atoms with van der Waals surface area (Å²) in [4.78, 5) is 12.2. The van der Waals surface area contributed by atoms with Crippen LogP contribution in [0.25, 0.3) is 0 Å². The molecule has 3 nitrogen and oxygen atoms in total. The second-order valence-electron chi connectivity index (χ2n) is 6.44. The number of amides is 1. The fraction of sp³-hybridized carbons (Fsp3) is 0.381. The van der Waals surface area contributed by atoms with Crippen LogP contribution in [0.1, 0.15) is 49.3 Å². The molecule has 0 aliphatic carbocycles. The minimum atomic E-state index is 0.0780. The van der Waals surface area contributed by atoms with E-state index in [1.165, 1.54) is 16.7 Å². The molecule has 0 aliphatic heterocycles. The summed E-state index contributed by atoms with van der Waals surface area (Å²) in [5, 5.41) is 3.05. The van der Waals surface area contributed by atoms with E-state index in [1.807, 2.05) is 30.3 Å². The van der Waals surface area contributed by atoms with Gasteiger partial charge in [0.15, 0.2) is 0 Å². The predicted octanol–water partition coefficient (Wildman–Crippen LogP) is 5.09. The lowest BCUT2D eigenvalue weighted by atomic mass is 10.0. The first-order valence-electron chi connectivity index (χ1n) is 8.53. The lowest BCUT2D eigenvalue weighted by Gasteiger charge is -2.13. The summed E-state index contributed by atoms with van der Waals surface area (Å²) in [7, 11) is 1.67. The number of carbonyl (C=O) groups is 1. The second kappa shape index (κ2) is 8.53. The van der Waals surface area contributed by atoms with Crippen LogP contribution < -0.4 is 10.1 Å². The van der Waals surface area contributed by atoms with E-state index >= 15 is 0 Å². The smallest absolute Gasteiger partial charge is 0.224 e. The average Bonchev–Trinajstić information content (AvgIpc) is 2.56. The first kappa shape index (κ1) is 18.1. The summed E-state index contributed by atoms with van der Waals surface area (Å²) >= 11 is 0. The molecule has 2 rings (SSSR count). The standard InChI is InChI=1S/C21H27NO2/c1-15(2)19-9-5-6-10-20(19)22-21(23)11-7-8-17-12-13-18(24-4)14-16(17)3/h5-6,9-10,12-15H,7-8,11H2,1-4H3,(H,22,23). The van der Waals surface area contributed by atoms with Crippen molar-refractivity contribution in [1.29, 1.82) is 0 Å². The molecule has 24 heavy (non-hydrogen) atoms. The monoisotopic (exact) mass is 325 g/mol. The third-order valence-electron chi connectivity index (χ3n) is 4.26. The van der Waals surface area contributed by atoms with Crippen molar-refractivity contribution in [2.45, 2.75) is 46.0 Å². The molecule has 0 atom stereocenters. The molecule has 0 aliphatic rings. The predicted molar refractivity (Wildman–Crippen MR) is 99.8 cm³/mol. The first-order chi connectivity index (χ1) is 11.5. The van der Waals surface area contributed by atoms with E-state index in [4.69, 9.17) is 4.74 Å². The molecule has 1 amide bonds. The number of hydrogen-bond donors (Lipinski definition) is 1. The highest BCUT2D eigenvalue weighted by molar-refractivity contribution is 5.91. The summed E-state index contributed by atoms with van der Waals surface area (Å²) in [6.07, 6.45) is 2.26. The van der Waals surface area contributed by atoms with Crippen LogP contribution in [0.15, 0.2) is 42.5 Å². The molecule has 128 valence electrons. The highest BCUT2D eigenvalue weighted by atomic mass is 16.5. The Balaban J connectivity index is 1.88. The Labute approximate surface area is 145 Å². The summed E-state index contributed by atoms with van der Waals surface area (Å²) in [6, 6.07) is 14.1. The Kier molecular flexibility index (Phi) is 6.42. The fourth-order valence-electron chi connectivity index (χ4n) is 2.84. The molecule has 0 radical (unpaired) electrons. The first-order valence-corrected chi connectivity index (χ1v) is 8.53. The van der Waals surface area contributed by atoms with Gasteiger partial charge in [-0.05, 0) is 60.6 Å². The number of carbonyl (C=O) groups excluding carboxylic acids is 1. The number of nitrogens with one attached hydrogen (secondary N) is 1. The van der Waals surface area contributed by atoms with Crippen LogP contribution in [0.4, 0.5) is 5.69 Å². The van der Waals surface area contributed by atoms with Crippen molar-refractivity contribution in [3.05, 3.63) is 59.2 Å². The number of ether oxygens (including phenoxy) is 1. The maximum absolute atomic E-state index is 12.2. The molecular weight excluding hydrogens is 298 g/mol. The number of rotatable bonds is 7. The van der Waals surface area contributed by atoms with Gasteiger partial charge in [0.25, 0.3) is 0 Å². The summed E-state index contributed by atoms with van der Waals surface area (Å²) in [6.45, 7) is 6.35. The average molecular weight is 325 g/mol. The minimum absolute atomic E-state index is 0.0780. The molecular formula is C21H27NO2. The van der Waals surface area contributed by atoms with Gasteiger partial charge in [0.2, 0.25) is 5.91 Å². The molecule has 2 aromatic carbocycles. The van der Waals surface area contributed by atoms with Crippen molar-refractivity contribution in [1.82, 2.24) is 0 Å². The number of methoxy groups -OCH3 is 1. The van der Waals surface area contributed by atoms with Crippen molar-refractivity contribution >= 4 is 11.6 Å². The van der Waals surface area contributed by atoms with E-state index in [0.29, 0.717) is 12.3 Å². The van der Waals surface area contributed by atoms with Gasteiger partial charge in [0.1, 0.15) is 5.75 Å². The van der Waals surface area contributed by atoms with Crippen LogP contribution in [0.5, 0.6) is 5.75 Å². The summed E-state index contributed by atoms with van der Waals surface area (Å²) in [5.74, 6) is 1.34. The normalized spacial score (nSPS) is 10.7. The number of benzene rings is 2. The molecule has 0 spiro atoms. The third-order valence-corrected chi connectivity index (χ3v) is 4.26. The highest BCUT2D eigenvalue weighted by Crippen LogP contribution is 2.24. The van der Waals surface area contributed by atoms with Crippen LogP contribution in [0, 0.1) is 6.92 Å². The van der Waals surface area contributed by atoms with Gasteiger partial charge in [-0.1, -0.05) is 38.1 Å². The molecule has 0 saturated carbocycles. The van der Waals surface area contributed by atoms with Gasteiger partial charge >= 0.3 is 0 Å². The van der Waals surface area contributed by atoms with Crippen LogP contribution in [0.3, 0.4) is 0 Å². The Morgan fingerprint density at radius 2 is 1.92 bits per heavy atom. The van der Waals surface area contributed by atoms with Crippen LogP contribution >= 0.6 is 0 Å². The van der Waals surface area contributed by atoms with E-state index in [-0.39, 0.29) is 5.91 Å². The molecule has 0 heterocycles. The molecule has 0 unspecified atom stereocenters. The van der Waals surface area contributed by atoms with Gasteiger partial charge < -0.3 is 10.1 Å². The topological polar surface area (TPSA) is 38.3 Å². The lowest BCUT2D eigenvalue weighted by Crippen LogP contribution is -2.13. The molecule has 0 aromatic heterocycles. The van der Waals surface area contributed by atoms with Gasteiger partial charge in [-0.3, -0.25) is 4.79 Å². The number of para-hydroxylation sites is 1. The van der Waals surface area contributed by atoms with Crippen molar-refractivity contribution in [3.8, 4) is 5.75 Å². The number of aryl methyl sites for hydroxylation is 2. The van der Waals surface area contributed by atoms with Crippen molar-refractivity contribution in [3.63, 3.8) is 0 Å². The zero-order valence-electron chi connectivity index (χ0n) is 15.1. The Hall–Kier alpha value is -2.29. The maximum atomic E-state index is 12.2. The molecule has 2 aromatic rings. The van der Waals surface area contributed by atoms with E-state index < -0.39 is 0 Å². The summed E-state index contributed by atoms with van der Waals surface area (Å²) < 4.78 is 5.23. The zero-order valence-corrected chi connectivity index (χ0v) is 15.1. The van der Waals surface area contributed by atoms with E-state index in [9.17, 15) is 4.79 Å². The Bertz CT molecular complexity index is 692. The zero-order chi connectivity index (χ0) is 17.5. The van der Waals surface area contributed by atoms with Gasteiger partial charge in [-0.25, -0.2) is 0 Å². The SMILES string of the molecule is COc1ccc(CCCC(=O)Nc2ccccc2C(C)C)c(C)c1. The van der Waals surface area contributed by atoms with Gasteiger partial charge in [0, 0.05) is 12.1 Å². The number of anilines is 1. The van der Waals surface area contributed by atoms with Gasteiger partial charge in [-0.2, -0.15) is 0 Å². The van der Waals surface area contributed by atoms with Crippen LogP contribution in [0.2, 0.25) is 0 Å². The minimum Gasteiger partial charge on any atom is -0.497 e. The quantitative estimate of drug-likeness (QED) is 0.770. The maximum Gasteiger partial charge on any atom is 0.224 e. The van der Waals surface area contributed by atoms with Crippen LogP contribution in [-0.4, -0.2) is 13.0 Å². The van der Waals surface area contributed by atoms with E-state index in [0.717, 1.165) is 24.3 Å². The molecule has 3 heteroatoms. The highest BCUT2D eigenvalue weighted by Gasteiger charge is 2.09. The van der Waals surface area contributed by atoms with E-state index in [1.54, 1.807) is 7.11 Å². The third kappa shape index (κ3) is 4.85.